The molecular formula is C11H21N3. The standard InChI is InChI=1S/C11H21N3/c1-4-14(5-2)9-10-6-11(7-12)13(3)8-10/h6,8H,4-5,7,9,12H2,1-3H3. The van der Waals surface area contributed by atoms with Crippen molar-refractivity contribution in [1.82, 2.24) is 9.47 Å². The summed E-state index contributed by atoms with van der Waals surface area (Å²) >= 11 is 0. The topological polar surface area (TPSA) is 34.2 Å². The average Bonchev–Trinajstić information content (AvgIpc) is 2.55. The average molecular weight is 195 g/mol. The van der Waals surface area contributed by atoms with Crippen molar-refractivity contribution in [3.05, 3.63) is 23.5 Å². The van der Waals surface area contributed by atoms with Gasteiger partial charge in [0.15, 0.2) is 0 Å². The van der Waals surface area contributed by atoms with Crippen molar-refractivity contribution in [1.29, 1.82) is 0 Å². The van der Waals surface area contributed by atoms with Crippen LogP contribution in [-0.2, 0) is 20.1 Å². The van der Waals surface area contributed by atoms with Crippen LogP contribution >= 0.6 is 0 Å². The summed E-state index contributed by atoms with van der Waals surface area (Å²) in [7, 11) is 2.05. The highest BCUT2D eigenvalue weighted by Crippen LogP contribution is 2.09. The molecule has 1 aromatic rings. The Morgan fingerprint density at radius 1 is 1.36 bits per heavy atom. The second-order valence-electron chi connectivity index (χ2n) is 3.62. The van der Waals surface area contributed by atoms with E-state index in [0.29, 0.717) is 6.54 Å². The minimum absolute atomic E-state index is 0.620. The third kappa shape index (κ3) is 2.59. The van der Waals surface area contributed by atoms with Crippen molar-refractivity contribution in [2.45, 2.75) is 26.9 Å². The van der Waals surface area contributed by atoms with Gasteiger partial charge < -0.3 is 10.3 Å². The Bertz CT molecular complexity index is 274. The van der Waals surface area contributed by atoms with Crippen molar-refractivity contribution < 1.29 is 0 Å². The van der Waals surface area contributed by atoms with Gasteiger partial charge in [0.25, 0.3) is 0 Å². The fourth-order valence-electron chi connectivity index (χ4n) is 1.68. The maximum absolute atomic E-state index is 5.63. The first-order valence-corrected chi connectivity index (χ1v) is 5.27. The maximum atomic E-state index is 5.63. The van der Waals surface area contributed by atoms with Crippen LogP contribution < -0.4 is 5.73 Å². The van der Waals surface area contributed by atoms with Crippen LogP contribution in [0.2, 0.25) is 0 Å². The molecule has 0 aliphatic heterocycles. The molecule has 1 heterocycles. The fourth-order valence-corrected chi connectivity index (χ4v) is 1.68. The van der Waals surface area contributed by atoms with E-state index in [0.717, 1.165) is 19.6 Å². The zero-order chi connectivity index (χ0) is 10.6. The molecule has 3 nitrogen and oxygen atoms in total. The molecule has 0 atom stereocenters. The van der Waals surface area contributed by atoms with Gasteiger partial charge in [0.1, 0.15) is 0 Å². The molecule has 0 unspecified atom stereocenters. The Hall–Kier alpha value is -0.800. The zero-order valence-electron chi connectivity index (χ0n) is 9.45. The highest BCUT2D eigenvalue weighted by atomic mass is 15.1. The van der Waals surface area contributed by atoms with Gasteiger partial charge >= 0.3 is 0 Å². The Morgan fingerprint density at radius 3 is 2.43 bits per heavy atom. The van der Waals surface area contributed by atoms with Gasteiger partial charge in [0, 0.05) is 32.0 Å². The van der Waals surface area contributed by atoms with Gasteiger partial charge in [0.2, 0.25) is 0 Å². The lowest BCUT2D eigenvalue weighted by atomic mass is 10.3. The smallest absolute Gasteiger partial charge is 0.0334 e. The van der Waals surface area contributed by atoms with Crippen LogP contribution in [0.1, 0.15) is 25.1 Å². The molecule has 0 spiro atoms. The lowest BCUT2D eigenvalue weighted by Gasteiger charge is -2.16. The molecule has 0 amide bonds. The summed E-state index contributed by atoms with van der Waals surface area (Å²) in [4.78, 5) is 2.40. The van der Waals surface area contributed by atoms with Gasteiger partial charge in [-0.2, -0.15) is 0 Å². The van der Waals surface area contributed by atoms with E-state index in [9.17, 15) is 0 Å². The summed E-state index contributed by atoms with van der Waals surface area (Å²) in [6.45, 7) is 8.23. The third-order valence-electron chi connectivity index (χ3n) is 2.67. The van der Waals surface area contributed by atoms with E-state index in [2.05, 4.69) is 35.6 Å². The number of nitrogens with zero attached hydrogens (tertiary/aromatic N) is 2. The van der Waals surface area contributed by atoms with Crippen LogP contribution in [0.3, 0.4) is 0 Å². The Balaban J connectivity index is 2.67. The fraction of sp³-hybridized carbons (Fsp3) is 0.636. The SMILES string of the molecule is CCN(CC)Cc1cc(CN)n(C)c1. The van der Waals surface area contributed by atoms with E-state index >= 15 is 0 Å². The Labute approximate surface area is 86.5 Å². The van der Waals surface area contributed by atoms with Crippen LogP contribution in [0.15, 0.2) is 12.3 Å². The minimum atomic E-state index is 0.620. The summed E-state index contributed by atoms with van der Waals surface area (Å²) in [5.41, 5.74) is 8.18. The number of aryl methyl sites for hydroxylation is 1. The van der Waals surface area contributed by atoms with Gasteiger partial charge in [-0.15, -0.1) is 0 Å². The summed E-state index contributed by atoms with van der Waals surface area (Å²) in [5, 5.41) is 0. The van der Waals surface area contributed by atoms with Gasteiger partial charge in [-0.3, -0.25) is 4.90 Å². The van der Waals surface area contributed by atoms with Crippen LogP contribution in [0.4, 0.5) is 0 Å². The highest BCUT2D eigenvalue weighted by molar-refractivity contribution is 5.18. The molecule has 80 valence electrons. The van der Waals surface area contributed by atoms with Crippen LogP contribution in [-0.4, -0.2) is 22.6 Å². The van der Waals surface area contributed by atoms with Crippen molar-refractivity contribution in [3.8, 4) is 0 Å². The van der Waals surface area contributed by atoms with Crippen LogP contribution in [0.5, 0.6) is 0 Å². The number of nitrogens with two attached hydrogens (primary N) is 1. The number of hydrogen-bond donors (Lipinski definition) is 1. The van der Waals surface area contributed by atoms with Crippen LogP contribution in [0, 0.1) is 0 Å². The molecule has 1 rings (SSSR count). The summed E-state index contributed by atoms with van der Waals surface area (Å²) in [6, 6.07) is 2.19. The Morgan fingerprint density at radius 2 is 2.00 bits per heavy atom. The predicted octanol–water partition coefficient (Wildman–Crippen LogP) is 1.33. The molecular weight excluding hydrogens is 174 g/mol. The van der Waals surface area contributed by atoms with E-state index in [-0.39, 0.29) is 0 Å². The van der Waals surface area contributed by atoms with E-state index in [1.807, 2.05) is 7.05 Å². The van der Waals surface area contributed by atoms with E-state index < -0.39 is 0 Å². The largest absolute Gasteiger partial charge is 0.353 e. The van der Waals surface area contributed by atoms with Gasteiger partial charge in [-0.1, -0.05) is 13.8 Å². The molecule has 2 N–H and O–H groups in total. The predicted molar refractivity (Wildman–Crippen MR) is 59.9 cm³/mol. The maximum Gasteiger partial charge on any atom is 0.0334 e. The molecule has 1 aromatic heterocycles. The summed E-state index contributed by atoms with van der Waals surface area (Å²) in [6.07, 6.45) is 2.17. The second-order valence-corrected chi connectivity index (χ2v) is 3.62. The van der Waals surface area contributed by atoms with Gasteiger partial charge in [0.05, 0.1) is 0 Å². The molecule has 0 saturated carbocycles. The molecule has 14 heavy (non-hydrogen) atoms. The first-order valence-electron chi connectivity index (χ1n) is 5.27. The minimum Gasteiger partial charge on any atom is -0.353 e. The molecule has 0 aliphatic carbocycles. The van der Waals surface area contributed by atoms with E-state index in [4.69, 9.17) is 5.73 Å². The molecule has 0 fully saturated rings. The first kappa shape index (κ1) is 11.3. The normalized spacial score (nSPS) is 11.2. The molecule has 0 aromatic carbocycles. The summed E-state index contributed by atoms with van der Waals surface area (Å²) < 4.78 is 2.11. The zero-order valence-corrected chi connectivity index (χ0v) is 9.45. The van der Waals surface area contributed by atoms with Crippen molar-refractivity contribution in [2.75, 3.05) is 13.1 Å². The van der Waals surface area contributed by atoms with Crippen molar-refractivity contribution in [2.24, 2.45) is 12.8 Å². The van der Waals surface area contributed by atoms with Crippen LogP contribution in [0.25, 0.3) is 0 Å². The molecule has 0 radical (unpaired) electrons. The van der Waals surface area contributed by atoms with Crippen molar-refractivity contribution >= 4 is 0 Å². The second kappa shape index (κ2) is 5.17. The lowest BCUT2D eigenvalue weighted by molar-refractivity contribution is 0.296. The van der Waals surface area contributed by atoms with Gasteiger partial charge in [-0.25, -0.2) is 0 Å². The number of hydrogen-bond acceptors (Lipinski definition) is 2. The molecule has 0 saturated heterocycles. The highest BCUT2D eigenvalue weighted by Gasteiger charge is 2.04. The molecule has 3 heteroatoms. The Kier molecular flexibility index (Phi) is 4.17. The van der Waals surface area contributed by atoms with E-state index in [1.165, 1.54) is 11.3 Å². The van der Waals surface area contributed by atoms with E-state index in [1.54, 1.807) is 0 Å². The molecule has 0 bridgehead atoms. The number of rotatable bonds is 5. The summed E-state index contributed by atoms with van der Waals surface area (Å²) in [5.74, 6) is 0. The lowest BCUT2D eigenvalue weighted by Crippen LogP contribution is -2.21. The monoisotopic (exact) mass is 195 g/mol. The third-order valence-corrected chi connectivity index (χ3v) is 2.67. The quantitative estimate of drug-likeness (QED) is 0.769. The van der Waals surface area contributed by atoms with Gasteiger partial charge in [-0.05, 0) is 24.7 Å². The molecule has 0 aliphatic rings. The van der Waals surface area contributed by atoms with Crippen molar-refractivity contribution in [3.63, 3.8) is 0 Å². The first-order chi connectivity index (χ1) is 6.71. The number of aromatic nitrogens is 1.